The van der Waals surface area contributed by atoms with Crippen LogP contribution in [-0.4, -0.2) is 31.7 Å². The first-order valence-corrected chi connectivity index (χ1v) is 12.3. The van der Waals surface area contributed by atoms with Gasteiger partial charge in [0.1, 0.15) is 4.21 Å². The Hall–Kier alpha value is -1.70. The molecule has 0 bridgehead atoms. The van der Waals surface area contributed by atoms with E-state index in [4.69, 9.17) is 0 Å². The van der Waals surface area contributed by atoms with Crippen molar-refractivity contribution >= 4 is 27.3 Å². The van der Waals surface area contributed by atoms with E-state index in [1.807, 2.05) is 12.1 Å². The van der Waals surface area contributed by atoms with Gasteiger partial charge in [-0.05, 0) is 55.4 Å². The second kappa shape index (κ2) is 8.35. The summed E-state index contributed by atoms with van der Waals surface area (Å²) in [7, 11) is -3.42. The average Bonchev–Trinajstić information content (AvgIpc) is 3.18. The Morgan fingerprint density at radius 3 is 2.68 bits per heavy atom. The molecule has 1 aromatic heterocycles. The highest BCUT2D eigenvalue weighted by molar-refractivity contribution is 7.91. The van der Waals surface area contributed by atoms with Gasteiger partial charge in [-0.15, -0.1) is 11.3 Å². The van der Waals surface area contributed by atoms with E-state index in [2.05, 4.69) is 17.4 Å². The van der Waals surface area contributed by atoms with Gasteiger partial charge in [-0.25, -0.2) is 8.42 Å². The van der Waals surface area contributed by atoms with Crippen molar-refractivity contribution in [1.82, 2.24) is 9.62 Å². The number of aryl methyl sites for hydroxylation is 1. The first-order chi connectivity index (χ1) is 13.5. The molecule has 1 atom stereocenters. The fraction of sp³-hybridized carbons (Fsp3) is 0.476. The van der Waals surface area contributed by atoms with Crippen LogP contribution in [0.4, 0.5) is 0 Å². The predicted molar refractivity (Wildman–Crippen MR) is 111 cm³/mol. The molecule has 1 aromatic carbocycles. The highest BCUT2D eigenvalue weighted by Crippen LogP contribution is 2.30. The lowest BCUT2D eigenvalue weighted by Gasteiger charge is -2.26. The SMILES string of the molecule is O=C(Cc1ccc(S(=O)(=O)N2CCCCC2)s1)NC1CCCc2ccccc21. The highest BCUT2D eigenvalue weighted by atomic mass is 32.2. The van der Waals surface area contributed by atoms with Crippen molar-refractivity contribution in [2.24, 2.45) is 0 Å². The second-order valence-corrected chi connectivity index (χ2v) is 10.9. The van der Waals surface area contributed by atoms with Crippen molar-refractivity contribution < 1.29 is 13.2 Å². The third kappa shape index (κ3) is 4.16. The summed E-state index contributed by atoms with van der Waals surface area (Å²) in [5.41, 5.74) is 2.52. The fourth-order valence-corrected chi connectivity index (χ4v) is 7.16. The maximum absolute atomic E-state index is 12.8. The first kappa shape index (κ1) is 19.6. The number of thiophene rings is 1. The normalized spacial score (nSPS) is 20.5. The number of nitrogens with one attached hydrogen (secondary N) is 1. The zero-order valence-corrected chi connectivity index (χ0v) is 17.5. The van der Waals surface area contributed by atoms with Gasteiger partial charge in [0.05, 0.1) is 12.5 Å². The Labute approximate surface area is 170 Å². The van der Waals surface area contributed by atoms with Crippen LogP contribution in [0, 0.1) is 0 Å². The Morgan fingerprint density at radius 2 is 1.86 bits per heavy atom. The quantitative estimate of drug-likeness (QED) is 0.806. The zero-order valence-electron chi connectivity index (χ0n) is 15.9. The van der Waals surface area contributed by atoms with Gasteiger partial charge in [0, 0.05) is 18.0 Å². The highest BCUT2D eigenvalue weighted by Gasteiger charge is 2.28. The summed E-state index contributed by atoms with van der Waals surface area (Å²) in [6.07, 6.45) is 6.22. The molecule has 4 rings (SSSR count). The third-order valence-corrected chi connectivity index (χ3v) is 9.04. The van der Waals surface area contributed by atoms with Crippen LogP contribution in [0.25, 0.3) is 0 Å². The van der Waals surface area contributed by atoms with Crippen molar-refractivity contribution in [3.63, 3.8) is 0 Å². The molecule has 2 aromatic rings. The Bertz CT molecular complexity index is 946. The number of hydrogen-bond acceptors (Lipinski definition) is 4. The number of carbonyl (C=O) groups excluding carboxylic acids is 1. The Kier molecular flexibility index (Phi) is 5.85. The molecule has 0 saturated carbocycles. The van der Waals surface area contributed by atoms with E-state index in [0.717, 1.165) is 43.4 Å². The number of sulfonamides is 1. The van der Waals surface area contributed by atoms with Crippen LogP contribution in [0.2, 0.25) is 0 Å². The Balaban J connectivity index is 1.41. The maximum atomic E-state index is 12.8. The number of fused-ring (bicyclic) bond motifs is 1. The van der Waals surface area contributed by atoms with E-state index < -0.39 is 10.0 Å². The topological polar surface area (TPSA) is 66.5 Å². The molecule has 1 N–H and O–H groups in total. The van der Waals surface area contributed by atoms with Gasteiger partial charge >= 0.3 is 0 Å². The lowest BCUT2D eigenvalue weighted by molar-refractivity contribution is -0.121. The summed E-state index contributed by atoms with van der Waals surface area (Å²) < 4.78 is 27.5. The molecule has 5 nitrogen and oxygen atoms in total. The van der Waals surface area contributed by atoms with Crippen molar-refractivity contribution in [1.29, 1.82) is 0 Å². The van der Waals surface area contributed by atoms with Crippen molar-refractivity contribution in [3.8, 4) is 0 Å². The van der Waals surface area contributed by atoms with Crippen LogP contribution in [0.5, 0.6) is 0 Å². The van der Waals surface area contributed by atoms with Crippen LogP contribution in [0.15, 0.2) is 40.6 Å². The largest absolute Gasteiger partial charge is 0.349 e. The summed E-state index contributed by atoms with van der Waals surface area (Å²) in [6.45, 7) is 1.19. The maximum Gasteiger partial charge on any atom is 0.252 e. The zero-order chi connectivity index (χ0) is 19.6. The minimum atomic E-state index is -3.42. The number of hydrogen-bond donors (Lipinski definition) is 1. The predicted octanol–water partition coefficient (Wildman–Crippen LogP) is 3.66. The molecule has 1 aliphatic heterocycles. The molecule has 0 radical (unpaired) electrons. The third-order valence-electron chi connectivity index (χ3n) is 5.59. The summed E-state index contributed by atoms with van der Waals surface area (Å²) in [4.78, 5) is 13.4. The number of amides is 1. The van der Waals surface area contributed by atoms with Crippen molar-refractivity contribution in [3.05, 3.63) is 52.4 Å². The number of nitrogens with zero attached hydrogens (tertiary/aromatic N) is 1. The van der Waals surface area contributed by atoms with Gasteiger partial charge in [-0.3, -0.25) is 4.79 Å². The van der Waals surface area contributed by atoms with Crippen molar-refractivity contribution in [2.75, 3.05) is 13.1 Å². The summed E-state index contributed by atoms with van der Waals surface area (Å²) in [5.74, 6) is -0.0505. The van der Waals surface area contributed by atoms with E-state index in [1.165, 1.54) is 22.5 Å². The molecular formula is C21H26N2O3S2. The minimum absolute atomic E-state index is 0.0500. The van der Waals surface area contributed by atoms with Crippen LogP contribution >= 0.6 is 11.3 Å². The second-order valence-electron chi connectivity index (χ2n) is 7.57. The number of rotatable bonds is 5. The lowest BCUT2D eigenvalue weighted by Crippen LogP contribution is -2.35. The van der Waals surface area contributed by atoms with Crippen LogP contribution < -0.4 is 5.32 Å². The minimum Gasteiger partial charge on any atom is -0.349 e. The molecule has 28 heavy (non-hydrogen) atoms. The molecular weight excluding hydrogens is 392 g/mol. The van der Waals surface area contributed by atoms with Gasteiger partial charge in [0.2, 0.25) is 5.91 Å². The van der Waals surface area contributed by atoms with Gasteiger partial charge in [-0.1, -0.05) is 30.7 Å². The average molecular weight is 419 g/mol. The van der Waals surface area contributed by atoms with E-state index in [0.29, 0.717) is 17.3 Å². The molecule has 1 fully saturated rings. The number of carbonyl (C=O) groups is 1. The molecule has 0 spiro atoms. The van der Waals surface area contributed by atoms with E-state index >= 15 is 0 Å². The fourth-order valence-electron chi connectivity index (χ4n) is 4.13. The van der Waals surface area contributed by atoms with Crippen LogP contribution in [0.3, 0.4) is 0 Å². The molecule has 1 aliphatic carbocycles. The summed E-state index contributed by atoms with van der Waals surface area (Å²) in [5, 5.41) is 3.14. The molecule has 1 unspecified atom stereocenters. The van der Waals surface area contributed by atoms with Gasteiger partial charge in [0.25, 0.3) is 10.0 Å². The van der Waals surface area contributed by atoms with Gasteiger partial charge in [-0.2, -0.15) is 4.31 Å². The molecule has 2 heterocycles. The summed E-state index contributed by atoms with van der Waals surface area (Å²) in [6, 6.07) is 11.7. The standard InChI is InChI=1S/C21H26N2O3S2/c24-20(22-19-10-6-8-16-7-2-3-9-18(16)19)15-17-11-12-21(27-17)28(25,26)23-13-4-1-5-14-23/h2-3,7,9,11-12,19H,1,4-6,8,10,13-15H2,(H,22,24). The van der Waals surface area contributed by atoms with E-state index in [1.54, 1.807) is 16.4 Å². The monoisotopic (exact) mass is 418 g/mol. The Morgan fingerprint density at radius 1 is 1.07 bits per heavy atom. The van der Waals surface area contributed by atoms with Crippen LogP contribution in [0.1, 0.15) is 54.1 Å². The molecule has 7 heteroatoms. The van der Waals surface area contributed by atoms with Crippen molar-refractivity contribution in [2.45, 2.75) is 55.2 Å². The van der Waals surface area contributed by atoms with E-state index in [-0.39, 0.29) is 18.4 Å². The lowest BCUT2D eigenvalue weighted by atomic mass is 9.87. The number of piperidine rings is 1. The molecule has 150 valence electrons. The molecule has 1 amide bonds. The molecule has 2 aliphatic rings. The number of benzene rings is 1. The van der Waals surface area contributed by atoms with Gasteiger partial charge in [0.15, 0.2) is 0 Å². The summed E-state index contributed by atoms with van der Waals surface area (Å²) >= 11 is 1.22. The smallest absolute Gasteiger partial charge is 0.252 e. The van der Waals surface area contributed by atoms with E-state index in [9.17, 15) is 13.2 Å². The first-order valence-electron chi connectivity index (χ1n) is 10.00. The van der Waals surface area contributed by atoms with Crippen LogP contribution in [-0.2, 0) is 27.7 Å². The molecule has 1 saturated heterocycles. The van der Waals surface area contributed by atoms with Gasteiger partial charge < -0.3 is 5.32 Å².